The van der Waals surface area contributed by atoms with Crippen LogP contribution in [0.4, 0.5) is 8.78 Å². The molecule has 1 N–H and O–H groups in total. The van der Waals surface area contributed by atoms with Crippen molar-refractivity contribution in [3.63, 3.8) is 0 Å². The molecule has 1 atom stereocenters. The summed E-state index contributed by atoms with van der Waals surface area (Å²) in [5.74, 6) is 0.542. The van der Waals surface area contributed by atoms with Gasteiger partial charge in [0, 0.05) is 16.7 Å². The maximum absolute atomic E-state index is 13.2. The van der Waals surface area contributed by atoms with E-state index >= 15 is 0 Å². The molecule has 1 saturated heterocycles. The Hall–Kier alpha value is -0.610. The largest absolute Gasteiger partial charge is 0.316 e. The second-order valence-electron chi connectivity index (χ2n) is 3.74. The molecular formula is C11H13F2NS. The minimum atomic E-state index is -0.514. The van der Waals surface area contributed by atoms with E-state index in [1.54, 1.807) is 0 Å². The average molecular weight is 229 g/mol. The van der Waals surface area contributed by atoms with Crippen molar-refractivity contribution in [2.24, 2.45) is 5.92 Å². The van der Waals surface area contributed by atoms with Gasteiger partial charge >= 0.3 is 0 Å². The lowest BCUT2D eigenvalue weighted by molar-refractivity contribution is 0.565. The van der Waals surface area contributed by atoms with Crippen molar-refractivity contribution in [3.05, 3.63) is 29.8 Å². The van der Waals surface area contributed by atoms with Gasteiger partial charge in [-0.25, -0.2) is 8.78 Å². The first-order chi connectivity index (χ1) is 7.25. The summed E-state index contributed by atoms with van der Waals surface area (Å²) in [7, 11) is 0. The van der Waals surface area contributed by atoms with Gasteiger partial charge in [-0.1, -0.05) is 0 Å². The first-order valence-corrected chi connectivity index (χ1v) is 6.03. The van der Waals surface area contributed by atoms with Crippen molar-refractivity contribution in [2.45, 2.75) is 11.3 Å². The third kappa shape index (κ3) is 2.92. The van der Waals surface area contributed by atoms with Crippen molar-refractivity contribution in [1.82, 2.24) is 5.32 Å². The average Bonchev–Trinajstić information content (AvgIpc) is 2.69. The quantitative estimate of drug-likeness (QED) is 0.800. The molecule has 1 heterocycles. The Morgan fingerprint density at radius 2 is 2.27 bits per heavy atom. The summed E-state index contributed by atoms with van der Waals surface area (Å²) in [5, 5.41) is 3.27. The lowest BCUT2D eigenvalue weighted by Gasteiger charge is -2.08. The van der Waals surface area contributed by atoms with Crippen LogP contribution in [0.5, 0.6) is 0 Å². The van der Waals surface area contributed by atoms with Gasteiger partial charge in [0.2, 0.25) is 0 Å². The second-order valence-corrected chi connectivity index (χ2v) is 4.81. The number of halogens is 2. The molecule has 1 aliphatic rings. The molecule has 2 rings (SSSR count). The molecular weight excluding hydrogens is 216 g/mol. The van der Waals surface area contributed by atoms with Crippen LogP contribution in [-0.2, 0) is 0 Å². The van der Waals surface area contributed by atoms with Gasteiger partial charge in [0.15, 0.2) is 0 Å². The molecule has 1 nitrogen and oxygen atoms in total. The fourth-order valence-electron chi connectivity index (χ4n) is 1.66. The summed E-state index contributed by atoms with van der Waals surface area (Å²) in [4.78, 5) is 0.545. The summed E-state index contributed by atoms with van der Waals surface area (Å²) < 4.78 is 25.9. The van der Waals surface area contributed by atoms with Gasteiger partial charge in [0.25, 0.3) is 0 Å². The molecule has 15 heavy (non-hydrogen) atoms. The lowest BCUT2D eigenvalue weighted by atomic mass is 10.2. The summed E-state index contributed by atoms with van der Waals surface area (Å²) in [6.45, 7) is 2.06. The highest BCUT2D eigenvalue weighted by molar-refractivity contribution is 7.99. The first kappa shape index (κ1) is 10.9. The molecule has 0 aliphatic carbocycles. The van der Waals surface area contributed by atoms with E-state index in [1.165, 1.54) is 23.9 Å². The van der Waals surface area contributed by atoms with Gasteiger partial charge < -0.3 is 5.32 Å². The van der Waals surface area contributed by atoms with E-state index < -0.39 is 11.6 Å². The molecule has 1 aliphatic heterocycles. The highest BCUT2D eigenvalue weighted by Crippen LogP contribution is 2.26. The molecule has 0 radical (unpaired) electrons. The van der Waals surface area contributed by atoms with E-state index in [-0.39, 0.29) is 0 Å². The Balaban J connectivity index is 1.92. The molecule has 0 aromatic heterocycles. The van der Waals surface area contributed by atoms with Gasteiger partial charge in [-0.3, -0.25) is 0 Å². The van der Waals surface area contributed by atoms with Crippen molar-refractivity contribution in [2.75, 3.05) is 18.8 Å². The summed E-state index contributed by atoms with van der Waals surface area (Å²) >= 11 is 1.47. The smallest absolute Gasteiger partial charge is 0.139 e. The molecule has 0 bridgehead atoms. The molecule has 0 spiro atoms. The van der Waals surface area contributed by atoms with E-state index in [0.717, 1.165) is 31.3 Å². The van der Waals surface area contributed by atoms with Gasteiger partial charge in [0.05, 0.1) is 0 Å². The van der Waals surface area contributed by atoms with E-state index in [4.69, 9.17) is 0 Å². The first-order valence-electron chi connectivity index (χ1n) is 5.04. The molecule has 4 heteroatoms. The Bertz CT molecular complexity index is 337. The lowest BCUT2D eigenvalue weighted by Crippen LogP contribution is -2.10. The third-order valence-corrected chi connectivity index (χ3v) is 3.81. The van der Waals surface area contributed by atoms with Crippen LogP contribution in [0.3, 0.4) is 0 Å². The maximum Gasteiger partial charge on any atom is 0.139 e. The van der Waals surface area contributed by atoms with Gasteiger partial charge in [0.1, 0.15) is 11.6 Å². The van der Waals surface area contributed by atoms with Crippen LogP contribution in [0.15, 0.2) is 23.1 Å². The monoisotopic (exact) mass is 229 g/mol. The Kier molecular flexibility index (Phi) is 3.59. The molecule has 0 amide bonds. The SMILES string of the molecule is Fc1ccc(SCC2CCNC2)c(F)c1. The van der Waals surface area contributed by atoms with Crippen LogP contribution >= 0.6 is 11.8 Å². The molecule has 82 valence electrons. The van der Waals surface area contributed by atoms with Crippen molar-refractivity contribution < 1.29 is 8.78 Å². The van der Waals surface area contributed by atoms with Gasteiger partial charge in [-0.05, 0) is 37.6 Å². The number of benzene rings is 1. The standard InChI is InChI=1S/C11H13F2NS/c12-9-1-2-11(10(13)5-9)15-7-8-3-4-14-6-8/h1-2,5,8,14H,3-4,6-7H2. The van der Waals surface area contributed by atoms with E-state index in [9.17, 15) is 8.78 Å². The number of hydrogen-bond acceptors (Lipinski definition) is 2. The van der Waals surface area contributed by atoms with Crippen LogP contribution in [0.25, 0.3) is 0 Å². The van der Waals surface area contributed by atoms with E-state index in [0.29, 0.717) is 10.8 Å². The van der Waals surface area contributed by atoms with Crippen LogP contribution in [0.1, 0.15) is 6.42 Å². The van der Waals surface area contributed by atoms with Crippen LogP contribution in [-0.4, -0.2) is 18.8 Å². The molecule has 0 saturated carbocycles. The van der Waals surface area contributed by atoms with E-state index in [1.807, 2.05) is 0 Å². The zero-order valence-corrected chi connectivity index (χ0v) is 9.12. The highest BCUT2D eigenvalue weighted by Gasteiger charge is 2.15. The topological polar surface area (TPSA) is 12.0 Å². The minimum absolute atomic E-state index is 0.453. The molecule has 1 unspecified atom stereocenters. The van der Waals surface area contributed by atoms with E-state index in [2.05, 4.69) is 5.32 Å². The zero-order chi connectivity index (χ0) is 10.7. The van der Waals surface area contributed by atoms with Crippen LogP contribution < -0.4 is 5.32 Å². The molecule has 1 aromatic carbocycles. The number of rotatable bonds is 3. The number of thioether (sulfide) groups is 1. The highest BCUT2D eigenvalue weighted by atomic mass is 32.2. The minimum Gasteiger partial charge on any atom is -0.316 e. The van der Waals surface area contributed by atoms with Crippen molar-refractivity contribution in [3.8, 4) is 0 Å². The van der Waals surface area contributed by atoms with Crippen LogP contribution in [0.2, 0.25) is 0 Å². The number of hydrogen-bond donors (Lipinski definition) is 1. The predicted molar refractivity (Wildman–Crippen MR) is 58.1 cm³/mol. The molecule has 1 aromatic rings. The summed E-state index contributed by atoms with van der Waals surface area (Å²) in [5.41, 5.74) is 0. The normalized spacial score (nSPS) is 20.8. The molecule has 1 fully saturated rings. The van der Waals surface area contributed by atoms with Gasteiger partial charge in [-0.2, -0.15) is 0 Å². The second kappa shape index (κ2) is 4.94. The van der Waals surface area contributed by atoms with Crippen LogP contribution in [0, 0.1) is 17.6 Å². The Morgan fingerprint density at radius 3 is 2.93 bits per heavy atom. The zero-order valence-electron chi connectivity index (χ0n) is 8.30. The Labute approximate surface area is 92.3 Å². The van der Waals surface area contributed by atoms with Crippen molar-refractivity contribution >= 4 is 11.8 Å². The summed E-state index contributed by atoms with van der Waals surface area (Å²) in [6, 6.07) is 3.76. The predicted octanol–water partition coefficient (Wildman–Crippen LogP) is 2.67. The maximum atomic E-state index is 13.2. The van der Waals surface area contributed by atoms with Gasteiger partial charge in [-0.15, -0.1) is 11.8 Å². The van der Waals surface area contributed by atoms with Crippen molar-refractivity contribution in [1.29, 1.82) is 0 Å². The third-order valence-electron chi connectivity index (χ3n) is 2.53. The number of nitrogens with one attached hydrogen (secondary N) is 1. The summed E-state index contributed by atoms with van der Waals surface area (Å²) in [6.07, 6.45) is 1.15. The fraction of sp³-hybridized carbons (Fsp3) is 0.455. The Morgan fingerprint density at radius 1 is 1.40 bits per heavy atom. The fourth-order valence-corrected chi connectivity index (χ4v) is 2.72.